The molecule has 0 aliphatic carbocycles. The molecule has 0 radical (unpaired) electrons. The van der Waals surface area contributed by atoms with Crippen LogP contribution < -0.4 is 0 Å². The molecule has 3 heterocycles. The highest BCUT2D eigenvalue weighted by Crippen LogP contribution is 2.38. The second-order valence-corrected chi connectivity index (χ2v) is 5.44. The molecule has 2 bridgehead atoms. The predicted octanol–water partition coefficient (Wildman–Crippen LogP) is 0.944. The van der Waals surface area contributed by atoms with Crippen LogP contribution in [0.15, 0.2) is 0 Å². The van der Waals surface area contributed by atoms with Crippen LogP contribution in [0.1, 0.15) is 31.5 Å². The van der Waals surface area contributed by atoms with Crippen molar-refractivity contribution in [3.05, 3.63) is 5.82 Å². The van der Waals surface area contributed by atoms with E-state index in [1.165, 1.54) is 17.6 Å². The van der Waals surface area contributed by atoms with Gasteiger partial charge in [-0.3, -0.25) is 4.90 Å². The number of nitrogens with zero attached hydrogens (tertiary/aromatic N) is 5. The Bertz CT molecular complexity index is 365. The van der Waals surface area contributed by atoms with Crippen LogP contribution in [0.5, 0.6) is 0 Å². The third-order valence-corrected chi connectivity index (χ3v) is 4.06. The van der Waals surface area contributed by atoms with Crippen molar-refractivity contribution >= 4 is 11.6 Å². The van der Waals surface area contributed by atoms with E-state index >= 15 is 0 Å². The van der Waals surface area contributed by atoms with E-state index in [2.05, 4.69) is 20.3 Å². The molecule has 6 heteroatoms. The first-order valence-electron chi connectivity index (χ1n) is 5.85. The summed E-state index contributed by atoms with van der Waals surface area (Å²) < 4.78 is 0. The van der Waals surface area contributed by atoms with Crippen molar-refractivity contribution in [2.24, 2.45) is 7.05 Å². The number of aromatic nitrogens is 4. The van der Waals surface area contributed by atoms with Crippen LogP contribution in [0.3, 0.4) is 0 Å². The van der Waals surface area contributed by atoms with Crippen molar-refractivity contribution in [3.63, 3.8) is 0 Å². The average molecular weight is 242 g/mol. The summed E-state index contributed by atoms with van der Waals surface area (Å²) in [7, 11) is 1.80. The summed E-state index contributed by atoms with van der Waals surface area (Å²) in [5.74, 6) is 0.826. The zero-order chi connectivity index (χ0) is 11.1. The summed E-state index contributed by atoms with van der Waals surface area (Å²) >= 11 is 6.24. The number of aryl methyl sites for hydroxylation is 1. The van der Waals surface area contributed by atoms with Crippen LogP contribution in [0.2, 0.25) is 0 Å². The van der Waals surface area contributed by atoms with Gasteiger partial charge in [-0.2, -0.15) is 4.80 Å². The van der Waals surface area contributed by atoms with Crippen LogP contribution in [0, 0.1) is 0 Å². The van der Waals surface area contributed by atoms with Gasteiger partial charge in [-0.05, 0) is 30.9 Å². The lowest BCUT2D eigenvalue weighted by atomic mass is 10.0. The predicted molar refractivity (Wildman–Crippen MR) is 60.0 cm³/mol. The average Bonchev–Trinajstić information content (AvgIpc) is 2.72. The standard InChI is InChI=1S/C10H16ClN5/c1-15-13-10(12-14-15)6-16-8-2-3-9(16)5-7(11)4-8/h7-9H,2-6H2,1H3. The lowest BCUT2D eigenvalue weighted by Gasteiger charge is -2.35. The Kier molecular flexibility index (Phi) is 2.59. The molecule has 0 N–H and O–H groups in total. The molecule has 0 spiro atoms. The highest BCUT2D eigenvalue weighted by molar-refractivity contribution is 6.20. The van der Waals surface area contributed by atoms with Crippen LogP contribution in [0.4, 0.5) is 0 Å². The molecule has 2 aliphatic rings. The molecule has 2 fully saturated rings. The summed E-state index contributed by atoms with van der Waals surface area (Å²) in [5, 5.41) is 12.5. The van der Waals surface area contributed by atoms with E-state index < -0.39 is 0 Å². The maximum Gasteiger partial charge on any atom is 0.188 e. The van der Waals surface area contributed by atoms with Gasteiger partial charge < -0.3 is 0 Å². The third kappa shape index (κ3) is 1.82. The fraction of sp³-hybridized carbons (Fsp3) is 0.900. The van der Waals surface area contributed by atoms with Gasteiger partial charge >= 0.3 is 0 Å². The molecule has 88 valence electrons. The topological polar surface area (TPSA) is 46.8 Å². The van der Waals surface area contributed by atoms with E-state index in [9.17, 15) is 0 Å². The van der Waals surface area contributed by atoms with Crippen molar-refractivity contribution in [1.29, 1.82) is 0 Å². The number of hydrogen-bond donors (Lipinski definition) is 0. The van der Waals surface area contributed by atoms with Crippen molar-refractivity contribution in [3.8, 4) is 0 Å². The van der Waals surface area contributed by atoms with Crippen LogP contribution in [-0.2, 0) is 13.6 Å². The number of halogens is 1. The Morgan fingerprint density at radius 2 is 2.00 bits per heavy atom. The molecular formula is C10H16ClN5. The SMILES string of the molecule is Cn1nnc(CN2C3CCC2CC(Cl)C3)n1. The van der Waals surface area contributed by atoms with Crippen LogP contribution in [-0.4, -0.2) is 42.6 Å². The summed E-state index contributed by atoms with van der Waals surface area (Å²) in [6, 6.07) is 1.26. The molecule has 2 saturated heterocycles. The van der Waals surface area contributed by atoms with Gasteiger partial charge in [0.15, 0.2) is 5.82 Å². The van der Waals surface area contributed by atoms with Gasteiger partial charge in [-0.15, -0.1) is 21.8 Å². The van der Waals surface area contributed by atoms with Gasteiger partial charge in [0.1, 0.15) is 0 Å². The van der Waals surface area contributed by atoms with E-state index in [4.69, 9.17) is 11.6 Å². The van der Waals surface area contributed by atoms with Crippen LogP contribution >= 0.6 is 11.6 Å². The Labute approximate surface area is 99.8 Å². The van der Waals surface area contributed by atoms with Crippen molar-refractivity contribution in [2.75, 3.05) is 0 Å². The number of fused-ring (bicyclic) bond motifs is 2. The molecule has 0 saturated carbocycles. The maximum absolute atomic E-state index is 6.24. The molecule has 2 aliphatic heterocycles. The highest BCUT2D eigenvalue weighted by atomic mass is 35.5. The molecule has 16 heavy (non-hydrogen) atoms. The quantitative estimate of drug-likeness (QED) is 0.724. The minimum Gasteiger partial charge on any atom is -0.290 e. The van der Waals surface area contributed by atoms with Gasteiger partial charge in [0.05, 0.1) is 13.6 Å². The molecule has 0 aromatic carbocycles. The number of tetrazole rings is 1. The molecule has 5 nitrogen and oxygen atoms in total. The first-order chi connectivity index (χ1) is 7.72. The zero-order valence-corrected chi connectivity index (χ0v) is 10.1. The highest BCUT2D eigenvalue weighted by Gasteiger charge is 2.40. The smallest absolute Gasteiger partial charge is 0.188 e. The Morgan fingerprint density at radius 3 is 2.56 bits per heavy atom. The minimum atomic E-state index is 0.364. The molecule has 3 rings (SSSR count). The monoisotopic (exact) mass is 241 g/mol. The number of hydrogen-bond acceptors (Lipinski definition) is 4. The van der Waals surface area contributed by atoms with E-state index in [0.717, 1.165) is 25.2 Å². The lowest BCUT2D eigenvalue weighted by molar-refractivity contribution is 0.131. The Morgan fingerprint density at radius 1 is 1.31 bits per heavy atom. The van der Waals surface area contributed by atoms with E-state index in [1.807, 2.05) is 0 Å². The molecule has 1 aromatic rings. The Balaban J connectivity index is 1.72. The molecular weight excluding hydrogens is 226 g/mol. The second-order valence-electron chi connectivity index (χ2n) is 4.82. The molecule has 2 unspecified atom stereocenters. The summed E-state index contributed by atoms with van der Waals surface area (Å²) in [4.78, 5) is 4.03. The van der Waals surface area contributed by atoms with Crippen molar-refractivity contribution < 1.29 is 0 Å². The number of piperidine rings is 1. The first kappa shape index (κ1) is 10.5. The van der Waals surface area contributed by atoms with Crippen molar-refractivity contribution in [1.82, 2.24) is 25.1 Å². The normalized spacial score (nSPS) is 34.5. The second kappa shape index (κ2) is 3.96. The summed E-state index contributed by atoms with van der Waals surface area (Å²) in [6.45, 7) is 0.826. The van der Waals surface area contributed by atoms with Gasteiger partial charge in [-0.25, -0.2) is 0 Å². The van der Waals surface area contributed by atoms with E-state index in [0.29, 0.717) is 17.5 Å². The zero-order valence-electron chi connectivity index (χ0n) is 9.38. The maximum atomic E-state index is 6.24. The van der Waals surface area contributed by atoms with Crippen LogP contribution in [0.25, 0.3) is 0 Å². The molecule has 2 atom stereocenters. The number of rotatable bonds is 2. The number of alkyl halides is 1. The van der Waals surface area contributed by atoms with E-state index in [-0.39, 0.29) is 0 Å². The summed E-state index contributed by atoms with van der Waals surface area (Å²) in [6.07, 6.45) is 4.76. The third-order valence-electron chi connectivity index (χ3n) is 3.70. The van der Waals surface area contributed by atoms with Gasteiger partial charge in [-0.1, -0.05) is 0 Å². The van der Waals surface area contributed by atoms with Gasteiger partial charge in [0.2, 0.25) is 0 Å². The molecule has 0 amide bonds. The largest absolute Gasteiger partial charge is 0.290 e. The minimum absolute atomic E-state index is 0.364. The van der Waals surface area contributed by atoms with Crippen molar-refractivity contribution in [2.45, 2.75) is 49.7 Å². The first-order valence-corrected chi connectivity index (χ1v) is 6.28. The summed E-state index contributed by atoms with van der Waals surface area (Å²) in [5.41, 5.74) is 0. The van der Waals surface area contributed by atoms with E-state index in [1.54, 1.807) is 7.05 Å². The van der Waals surface area contributed by atoms with Gasteiger partial charge in [0, 0.05) is 17.5 Å². The fourth-order valence-electron chi connectivity index (χ4n) is 3.02. The lowest BCUT2D eigenvalue weighted by Crippen LogP contribution is -2.42. The van der Waals surface area contributed by atoms with Gasteiger partial charge in [0.25, 0.3) is 0 Å². The molecule has 1 aromatic heterocycles. The fourth-order valence-corrected chi connectivity index (χ4v) is 3.43. The Hall–Kier alpha value is -0.680.